The van der Waals surface area contributed by atoms with Crippen LogP contribution in [0.1, 0.15) is 0 Å². The van der Waals surface area contributed by atoms with Crippen LogP contribution in [-0.4, -0.2) is 6.61 Å². The molecular weight excluding hydrogens is 87.0 g/mol. The fourth-order valence-electron chi connectivity index (χ4n) is 0.224. The van der Waals surface area contributed by atoms with Crippen LogP contribution >= 0.6 is 0 Å². The van der Waals surface area contributed by atoms with Crippen molar-refractivity contribution in [2.45, 2.75) is 0 Å². The molecule has 0 atom stereocenters. The highest BCUT2D eigenvalue weighted by atomic mass is 19.1. The predicted octanol–water partition coefficient (Wildman–Crippen LogP) is 0.759. The molecule has 2 nitrogen and oxygen atoms in total. The Hall–Kier alpha value is -0.570. The maximum atomic E-state index is 11.4. The van der Waals surface area contributed by atoms with E-state index in [1.807, 2.05) is 0 Å². The highest BCUT2D eigenvalue weighted by Gasteiger charge is 2.01. The summed E-state index contributed by atoms with van der Waals surface area (Å²) in [5, 5.41) is 0. The van der Waals surface area contributed by atoms with E-state index in [4.69, 9.17) is 0 Å². The van der Waals surface area contributed by atoms with Crippen molar-refractivity contribution < 1.29 is 14.2 Å². The van der Waals surface area contributed by atoms with E-state index >= 15 is 0 Å². The molecule has 34 valence electrons. The van der Waals surface area contributed by atoms with Gasteiger partial charge in [-0.1, -0.05) is 0 Å². The van der Waals surface area contributed by atoms with Crippen molar-refractivity contribution in [3.05, 3.63) is 12.1 Å². The minimum Gasteiger partial charge on any atom is -0.306 e. The van der Waals surface area contributed by atoms with E-state index in [2.05, 4.69) is 9.78 Å². The lowest BCUT2D eigenvalue weighted by Gasteiger charge is -1.83. The maximum Gasteiger partial charge on any atom is 0.310 e. The topological polar surface area (TPSA) is 18.5 Å². The molecule has 0 aromatic heterocycles. The molecule has 3 heteroatoms. The molecule has 0 bridgehead atoms. The van der Waals surface area contributed by atoms with E-state index in [0.29, 0.717) is 0 Å². The largest absolute Gasteiger partial charge is 0.310 e. The Bertz CT molecular complexity index is 78.9. The average molecular weight is 90.1 g/mol. The quantitative estimate of drug-likeness (QED) is 0.409. The van der Waals surface area contributed by atoms with E-state index in [9.17, 15) is 4.39 Å². The summed E-state index contributed by atoms with van der Waals surface area (Å²) in [5.41, 5.74) is 0. The molecule has 0 saturated heterocycles. The second-order valence-corrected chi connectivity index (χ2v) is 0.876. The standard InChI is InChI=1S/C3H3FO2/c4-3-1-2-5-6-3/h1H,2H2. The summed E-state index contributed by atoms with van der Waals surface area (Å²) in [6.45, 7) is 0.228. The smallest absolute Gasteiger partial charge is 0.306 e. The van der Waals surface area contributed by atoms with Crippen LogP contribution in [-0.2, 0) is 9.78 Å². The van der Waals surface area contributed by atoms with Crippen LogP contribution in [0, 0.1) is 0 Å². The lowest BCUT2D eigenvalue weighted by molar-refractivity contribution is -0.248. The van der Waals surface area contributed by atoms with Gasteiger partial charge < -0.3 is 4.89 Å². The molecule has 0 radical (unpaired) electrons. The molecule has 0 unspecified atom stereocenters. The Morgan fingerprint density at radius 3 is 2.83 bits per heavy atom. The lowest BCUT2D eigenvalue weighted by Crippen LogP contribution is -1.75. The molecule has 6 heavy (non-hydrogen) atoms. The highest BCUT2D eigenvalue weighted by Crippen LogP contribution is 2.05. The zero-order valence-corrected chi connectivity index (χ0v) is 2.98. The number of halogens is 1. The summed E-state index contributed by atoms with van der Waals surface area (Å²) >= 11 is 0. The zero-order chi connectivity index (χ0) is 4.41. The second-order valence-electron chi connectivity index (χ2n) is 0.876. The van der Waals surface area contributed by atoms with Crippen molar-refractivity contribution >= 4 is 0 Å². The van der Waals surface area contributed by atoms with Crippen molar-refractivity contribution in [1.29, 1.82) is 0 Å². The number of hydrogen-bond donors (Lipinski definition) is 0. The van der Waals surface area contributed by atoms with Gasteiger partial charge in [0.05, 0.1) is 0 Å². The van der Waals surface area contributed by atoms with Gasteiger partial charge in [0.15, 0.2) is 0 Å². The van der Waals surface area contributed by atoms with Crippen LogP contribution in [0.4, 0.5) is 4.39 Å². The molecule has 0 aliphatic carbocycles. The first-order valence-electron chi connectivity index (χ1n) is 1.55. The molecule has 1 aliphatic heterocycles. The third-order valence-corrected chi connectivity index (χ3v) is 0.450. The maximum absolute atomic E-state index is 11.4. The molecule has 0 fully saturated rings. The zero-order valence-electron chi connectivity index (χ0n) is 2.98. The predicted molar refractivity (Wildman–Crippen MR) is 16.2 cm³/mol. The third kappa shape index (κ3) is 0.490. The van der Waals surface area contributed by atoms with Gasteiger partial charge in [0.2, 0.25) is 0 Å². The fraction of sp³-hybridized carbons (Fsp3) is 0.333. The van der Waals surface area contributed by atoms with E-state index in [1.54, 1.807) is 0 Å². The van der Waals surface area contributed by atoms with E-state index in [-0.39, 0.29) is 6.61 Å². The van der Waals surface area contributed by atoms with Gasteiger partial charge in [0, 0.05) is 6.08 Å². The Kier molecular flexibility index (Phi) is 0.759. The monoisotopic (exact) mass is 90.0 g/mol. The fourth-order valence-corrected chi connectivity index (χ4v) is 0.224. The van der Waals surface area contributed by atoms with Crippen molar-refractivity contribution in [2.24, 2.45) is 0 Å². The summed E-state index contributed by atoms with van der Waals surface area (Å²) in [7, 11) is 0. The van der Waals surface area contributed by atoms with Crippen LogP contribution in [0.2, 0.25) is 0 Å². The first-order chi connectivity index (χ1) is 2.89. The Labute approximate surface area is 34.1 Å². The highest BCUT2D eigenvalue weighted by molar-refractivity contribution is 4.83. The minimum absolute atomic E-state index is 0.228. The van der Waals surface area contributed by atoms with Gasteiger partial charge in [0.25, 0.3) is 0 Å². The third-order valence-electron chi connectivity index (χ3n) is 0.450. The van der Waals surface area contributed by atoms with Crippen LogP contribution in [0.3, 0.4) is 0 Å². The molecule has 1 rings (SSSR count). The Morgan fingerprint density at radius 1 is 1.83 bits per heavy atom. The molecule has 0 aromatic carbocycles. The normalized spacial score (nSPS) is 19.8. The van der Waals surface area contributed by atoms with E-state index in [1.165, 1.54) is 6.08 Å². The van der Waals surface area contributed by atoms with Crippen LogP contribution in [0.5, 0.6) is 0 Å². The Balaban J connectivity index is 2.45. The van der Waals surface area contributed by atoms with Crippen LogP contribution < -0.4 is 0 Å². The summed E-state index contributed by atoms with van der Waals surface area (Å²) in [6, 6.07) is -0.644. The summed E-state index contributed by atoms with van der Waals surface area (Å²) in [5.74, 6) is 0. The first kappa shape index (κ1) is 3.61. The van der Waals surface area contributed by atoms with Gasteiger partial charge in [0.1, 0.15) is 6.61 Å². The van der Waals surface area contributed by atoms with Crippen LogP contribution in [0.25, 0.3) is 0 Å². The number of hydrogen-bond acceptors (Lipinski definition) is 2. The Morgan fingerprint density at radius 2 is 2.67 bits per heavy atom. The molecule has 0 saturated carbocycles. The van der Waals surface area contributed by atoms with Crippen molar-refractivity contribution in [2.75, 3.05) is 6.61 Å². The molecule has 0 amide bonds. The summed E-state index contributed by atoms with van der Waals surface area (Å²) < 4.78 is 11.4. The van der Waals surface area contributed by atoms with E-state index < -0.39 is 6.01 Å². The van der Waals surface area contributed by atoms with E-state index in [0.717, 1.165) is 0 Å². The van der Waals surface area contributed by atoms with Crippen molar-refractivity contribution in [3.63, 3.8) is 0 Å². The molecular formula is C3H3FO2. The van der Waals surface area contributed by atoms with Gasteiger partial charge >= 0.3 is 6.01 Å². The number of rotatable bonds is 0. The van der Waals surface area contributed by atoms with Gasteiger partial charge in [-0.15, -0.1) is 0 Å². The summed E-state index contributed by atoms with van der Waals surface area (Å²) in [4.78, 5) is 7.94. The van der Waals surface area contributed by atoms with Crippen molar-refractivity contribution in [3.8, 4) is 0 Å². The molecule has 0 aromatic rings. The van der Waals surface area contributed by atoms with Gasteiger partial charge in [-0.05, 0) is 0 Å². The van der Waals surface area contributed by atoms with Gasteiger partial charge in [-0.2, -0.15) is 9.28 Å². The van der Waals surface area contributed by atoms with Gasteiger partial charge in [-0.3, -0.25) is 0 Å². The van der Waals surface area contributed by atoms with Crippen LogP contribution in [0.15, 0.2) is 12.1 Å². The van der Waals surface area contributed by atoms with Crippen molar-refractivity contribution in [1.82, 2.24) is 0 Å². The molecule has 0 spiro atoms. The molecule has 1 aliphatic rings. The molecule has 1 heterocycles. The SMILES string of the molecule is FC1=CCOO1. The lowest BCUT2D eigenvalue weighted by atomic mass is 10.7. The summed E-state index contributed by atoms with van der Waals surface area (Å²) in [6.07, 6.45) is 1.21. The minimum atomic E-state index is -0.644. The molecule has 0 N–H and O–H groups in total. The van der Waals surface area contributed by atoms with Gasteiger partial charge in [-0.25, -0.2) is 0 Å². The average Bonchev–Trinajstić information content (AvgIpc) is 1.86. The first-order valence-corrected chi connectivity index (χ1v) is 1.55. The second kappa shape index (κ2) is 1.26.